The van der Waals surface area contributed by atoms with Gasteiger partial charge in [0.1, 0.15) is 0 Å². The molecular weight excluding hydrogens is 174 g/mol. The van der Waals surface area contributed by atoms with Gasteiger partial charge < -0.3 is 5.73 Å². The van der Waals surface area contributed by atoms with Gasteiger partial charge in [-0.15, -0.1) is 0 Å². The molecule has 5 nitrogen and oxygen atoms in total. The highest BCUT2D eigenvalue weighted by atomic mass is 32.1. The van der Waals surface area contributed by atoms with Crippen molar-refractivity contribution in [2.24, 2.45) is 0 Å². The third-order valence-corrected chi connectivity index (χ3v) is 1.83. The Hall–Kier alpha value is -1.43. The Morgan fingerprint density at radius 3 is 3.17 bits per heavy atom. The molecule has 0 fully saturated rings. The second-order valence-corrected chi connectivity index (χ2v) is 2.86. The average Bonchev–Trinajstić information content (AvgIpc) is 2.31. The number of anilines is 1. The summed E-state index contributed by atoms with van der Waals surface area (Å²) >= 11 is 4.94. The standard InChI is InChI=1S/C6H7N5S/c1-3-2-4-9-10-6(12)11(4)5(7)8-3/h2H,1H3,(H2,7,8)(H,10,12). The van der Waals surface area contributed by atoms with Gasteiger partial charge in [-0.05, 0) is 19.1 Å². The maximum Gasteiger partial charge on any atom is 0.208 e. The number of fused-ring (bicyclic) bond motifs is 1. The van der Waals surface area contributed by atoms with Crippen LogP contribution in [0.25, 0.3) is 5.65 Å². The Balaban J connectivity index is 3.03. The molecule has 0 aromatic carbocycles. The van der Waals surface area contributed by atoms with Gasteiger partial charge in [0, 0.05) is 11.8 Å². The Bertz CT molecular complexity index is 482. The first-order valence-electron chi connectivity index (χ1n) is 3.39. The van der Waals surface area contributed by atoms with Gasteiger partial charge in [0.25, 0.3) is 0 Å². The van der Waals surface area contributed by atoms with Gasteiger partial charge >= 0.3 is 0 Å². The van der Waals surface area contributed by atoms with Crippen molar-refractivity contribution in [3.05, 3.63) is 16.5 Å². The fourth-order valence-electron chi connectivity index (χ4n) is 1.08. The van der Waals surface area contributed by atoms with E-state index in [1.165, 1.54) is 0 Å². The zero-order chi connectivity index (χ0) is 8.72. The molecule has 0 aliphatic heterocycles. The number of nitrogens with one attached hydrogen (secondary N) is 1. The number of hydrogen-bond acceptors (Lipinski definition) is 4. The van der Waals surface area contributed by atoms with Crippen LogP contribution in [-0.4, -0.2) is 19.6 Å². The predicted molar refractivity (Wildman–Crippen MR) is 47.3 cm³/mol. The van der Waals surface area contributed by atoms with Crippen molar-refractivity contribution in [1.29, 1.82) is 0 Å². The fraction of sp³-hybridized carbons (Fsp3) is 0.167. The SMILES string of the molecule is Cc1cc2n[nH]c(=S)n2c(N)n1. The largest absolute Gasteiger partial charge is 0.369 e. The average molecular weight is 181 g/mol. The zero-order valence-electron chi connectivity index (χ0n) is 6.40. The number of nitrogen functional groups attached to an aromatic ring is 1. The number of aryl methyl sites for hydroxylation is 1. The smallest absolute Gasteiger partial charge is 0.208 e. The molecule has 12 heavy (non-hydrogen) atoms. The van der Waals surface area contributed by atoms with E-state index in [2.05, 4.69) is 15.2 Å². The summed E-state index contributed by atoms with van der Waals surface area (Å²) < 4.78 is 2.05. The summed E-state index contributed by atoms with van der Waals surface area (Å²) in [6.07, 6.45) is 0. The normalized spacial score (nSPS) is 10.8. The van der Waals surface area contributed by atoms with E-state index in [0.29, 0.717) is 16.4 Å². The first-order valence-corrected chi connectivity index (χ1v) is 3.79. The number of H-pyrrole nitrogens is 1. The maximum absolute atomic E-state index is 5.63. The summed E-state index contributed by atoms with van der Waals surface area (Å²) in [6.45, 7) is 1.86. The van der Waals surface area contributed by atoms with Crippen LogP contribution in [0.3, 0.4) is 0 Å². The Labute approximate surface area is 73.2 Å². The summed E-state index contributed by atoms with van der Waals surface area (Å²) in [7, 11) is 0. The third kappa shape index (κ3) is 0.884. The van der Waals surface area contributed by atoms with Gasteiger partial charge in [-0.2, -0.15) is 5.10 Å². The number of nitrogens with two attached hydrogens (primary N) is 1. The van der Waals surface area contributed by atoms with E-state index in [4.69, 9.17) is 18.0 Å². The summed E-state index contributed by atoms with van der Waals surface area (Å²) in [6, 6.07) is 1.81. The molecule has 0 radical (unpaired) electrons. The highest BCUT2D eigenvalue weighted by Crippen LogP contribution is 2.06. The van der Waals surface area contributed by atoms with E-state index in [1.807, 2.05) is 13.0 Å². The van der Waals surface area contributed by atoms with Crippen molar-refractivity contribution in [1.82, 2.24) is 19.6 Å². The minimum absolute atomic E-state index is 0.365. The van der Waals surface area contributed by atoms with Gasteiger partial charge in [0.2, 0.25) is 10.7 Å². The molecule has 0 unspecified atom stereocenters. The number of aromatic amines is 1. The van der Waals surface area contributed by atoms with Crippen molar-refractivity contribution < 1.29 is 0 Å². The van der Waals surface area contributed by atoms with Crippen molar-refractivity contribution in [3.8, 4) is 0 Å². The third-order valence-electron chi connectivity index (χ3n) is 1.56. The van der Waals surface area contributed by atoms with E-state index < -0.39 is 0 Å². The molecule has 0 spiro atoms. The Kier molecular flexibility index (Phi) is 1.37. The molecule has 0 aliphatic rings. The second kappa shape index (κ2) is 2.28. The predicted octanol–water partition coefficient (Wildman–Crippen LogP) is 0.678. The van der Waals surface area contributed by atoms with Gasteiger partial charge in [-0.25, -0.2) is 9.38 Å². The lowest BCUT2D eigenvalue weighted by molar-refractivity contribution is 1.04. The molecule has 0 aliphatic carbocycles. The lowest BCUT2D eigenvalue weighted by Crippen LogP contribution is -2.01. The maximum atomic E-state index is 5.63. The summed E-state index contributed by atoms with van der Waals surface area (Å²) in [4.78, 5) is 4.05. The highest BCUT2D eigenvalue weighted by molar-refractivity contribution is 7.71. The minimum atomic E-state index is 0.365. The lowest BCUT2D eigenvalue weighted by Gasteiger charge is -1.97. The summed E-state index contributed by atoms with van der Waals surface area (Å²) in [5.41, 5.74) is 7.15. The monoisotopic (exact) mass is 181 g/mol. The van der Waals surface area contributed by atoms with Crippen LogP contribution in [0.4, 0.5) is 5.95 Å². The Morgan fingerprint density at radius 1 is 1.67 bits per heavy atom. The van der Waals surface area contributed by atoms with E-state index in [0.717, 1.165) is 5.69 Å². The van der Waals surface area contributed by atoms with Crippen LogP contribution in [0.15, 0.2) is 6.07 Å². The van der Waals surface area contributed by atoms with Crippen LogP contribution in [0.1, 0.15) is 5.69 Å². The molecule has 2 aromatic heterocycles. The second-order valence-electron chi connectivity index (χ2n) is 2.48. The van der Waals surface area contributed by atoms with Crippen LogP contribution in [0.5, 0.6) is 0 Å². The number of aromatic nitrogens is 4. The topological polar surface area (TPSA) is 72.0 Å². The first-order chi connectivity index (χ1) is 5.68. The van der Waals surface area contributed by atoms with Crippen molar-refractivity contribution in [2.45, 2.75) is 6.92 Å². The molecule has 2 heterocycles. The van der Waals surface area contributed by atoms with Gasteiger partial charge in [-0.3, -0.25) is 5.10 Å². The number of rotatable bonds is 0. The molecule has 0 bridgehead atoms. The van der Waals surface area contributed by atoms with E-state index in [9.17, 15) is 0 Å². The van der Waals surface area contributed by atoms with Gasteiger partial charge in [-0.1, -0.05) is 0 Å². The first kappa shape index (κ1) is 7.23. The molecule has 3 N–H and O–H groups in total. The highest BCUT2D eigenvalue weighted by Gasteiger charge is 2.01. The van der Waals surface area contributed by atoms with Crippen LogP contribution in [0.2, 0.25) is 0 Å². The van der Waals surface area contributed by atoms with E-state index in [1.54, 1.807) is 4.40 Å². The molecule has 0 saturated heterocycles. The van der Waals surface area contributed by atoms with Crippen LogP contribution in [-0.2, 0) is 0 Å². The van der Waals surface area contributed by atoms with E-state index in [-0.39, 0.29) is 0 Å². The molecule has 0 saturated carbocycles. The molecule has 2 rings (SSSR count). The number of nitrogens with zero attached hydrogens (tertiary/aromatic N) is 3. The van der Waals surface area contributed by atoms with Crippen LogP contribution in [0, 0.1) is 11.7 Å². The van der Waals surface area contributed by atoms with Crippen LogP contribution < -0.4 is 5.73 Å². The van der Waals surface area contributed by atoms with Crippen molar-refractivity contribution in [3.63, 3.8) is 0 Å². The lowest BCUT2D eigenvalue weighted by atomic mass is 10.4. The Morgan fingerprint density at radius 2 is 2.42 bits per heavy atom. The fourth-order valence-corrected chi connectivity index (χ4v) is 1.31. The quantitative estimate of drug-likeness (QED) is 0.586. The summed E-state index contributed by atoms with van der Waals surface area (Å²) in [5, 5.41) is 6.61. The van der Waals surface area contributed by atoms with Crippen molar-refractivity contribution >= 4 is 23.8 Å². The number of hydrogen-bond donors (Lipinski definition) is 2. The molecule has 0 amide bonds. The molecule has 2 aromatic rings. The van der Waals surface area contributed by atoms with Gasteiger partial charge in [0.15, 0.2) is 5.65 Å². The van der Waals surface area contributed by atoms with Crippen LogP contribution >= 0.6 is 12.2 Å². The molecular formula is C6H7N5S. The van der Waals surface area contributed by atoms with E-state index >= 15 is 0 Å². The zero-order valence-corrected chi connectivity index (χ0v) is 7.22. The molecule has 0 atom stereocenters. The minimum Gasteiger partial charge on any atom is -0.369 e. The van der Waals surface area contributed by atoms with Gasteiger partial charge in [0.05, 0.1) is 0 Å². The summed E-state index contributed by atoms with van der Waals surface area (Å²) in [5.74, 6) is 0.365. The molecule has 6 heteroatoms. The molecule has 62 valence electrons. The van der Waals surface area contributed by atoms with Crippen molar-refractivity contribution in [2.75, 3.05) is 5.73 Å².